The second-order valence-electron chi connectivity index (χ2n) is 10.8. The Hall–Kier alpha value is -2.08. The normalized spacial score (nSPS) is 29.8. The zero-order chi connectivity index (χ0) is 25.4. The molecule has 1 aliphatic heterocycles. The molecular formula is C24H39N6O4S+. The summed E-state index contributed by atoms with van der Waals surface area (Å²) in [5.74, 6) is -0.369. The number of quaternary nitrogens is 1. The van der Waals surface area contributed by atoms with E-state index in [1.54, 1.807) is 6.07 Å². The van der Waals surface area contributed by atoms with Crippen LogP contribution < -0.4 is 21.9 Å². The van der Waals surface area contributed by atoms with Crippen LogP contribution in [-0.4, -0.2) is 53.7 Å². The number of rotatable bonds is 9. The van der Waals surface area contributed by atoms with Crippen molar-refractivity contribution in [1.82, 2.24) is 10.3 Å². The minimum absolute atomic E-state index is 0.0494. The van der Waals surface area contributed by atoms with Crippen LogP contribution >= 0.6 is 0 Å². The quantitative estimate of drug-likeness (QED) is 0.361. The number of nitrogens with one attached hydrogen (secondary N) is 1. The molecule has 1 aromatic rings. The summed E-state index contributed by atoms with van der Waals surface area (Å²) in [4.78, 5) is 31.9. The van der Waals surface area contributed by atoms with Gasteiger partial charge in [-0.25, -0.2) is 27.8 Å². The largest absolute Gasteiger partial charge is 0.384 e. The highest BCUT2D eigenvalue weighted by atomic mass is 32.2. The molecule has 2 heterocycles. The average molecular weight is 508 g/mol. The second-order valence-corrected chi connectivity index (χ2v) is 12.4. The maximum Gasteiger partial charge on any atom is 0.331 e. The maximum atomic E-state index is 14.6. The van der Waals surface area contributed by atoms with Gasteiger partial charge in [-0.2, -0.15) is 0 Å². The van der Waals surface area contributed by atoms with Crippen molar-refractivity contribution in [2.45, 2.75) is 82.8 Å². The van der Waals surface area contributed by atoms with Crippen LogP contribution in [0.1, 0.15) is 69.0 Å². The minimum Gasteiger partial charge on any atom is -0.384 e. The van der Waals surface area contributed by atoms with Crippen LogP contribution in [0.3, 0.4) is 0 Å². The Bertz CT molecular complexity index is 1090. The summed E-state index contributed by atoms with van der Waals surface area (Å²) in [6, 6.07) is 2.82. The molecule has 0 bridgehead atoms. The first-order chi connectivity index (χ1) is 16.5. The Balaban J connectivity index is 1.74. The number of aryl methyl sites for hydroxylation is 1. The van der Waals surface area contributed by atoms with Gasteiger partial charge in [-0.05, 0) is 44.2 Å². The number of hydrogen-bond donors (Lipinski definition) is 4. The predicted molar refractivity (Wildman–Crippen MR) is 133 cm³/mol. The molecule has 0 aromatic carbocycles. The molecule has 0 radical (unpaired) electrons. The number of carbonyl (C=O) groups excluding carboxylic acids is 2. The number of anilines is 1. The van der Waals surface area contributed by atoms with Crippen molar-refractivity contribution in [2.75, 3.05) is 18.2 Å². The highest BCUT2D eigenvalue weighted by molar-refractivity contribution is 7.89. The number of piperidine rings is 1. The van der Waals surface area contributed by atoms with Crippen LogP contribution in [0.5, 0.6) is 0 Å². The SMILES string of the molecule is Cc1nc(N)ccc1C[N+]1(C(=O)[C@@H](CC2CCCCC2)NCS(N)(=O)=O)CCC[C@@H]2C[C@@]21C(N)=O. The number of carbonyl (C=O) groups is 2. The van der Waals surface area contributed by atoms with E-state index in [0.717, 1.165) is 44.1 Å². The Kier molecular flexibility index (Phi) is 7.25. The summed E-state index contributed by atoms with van der Waals surface area (Å²) in [6.45, 7) is 2.59. The van der Waals surface area contributed by atoms with E-state index in [1.807, 2.05) is 13.0 Å². The number of fused-ring (bicyclic) bond motifs is 1. The Labute approximate surface area is 207 Å². The van der Waals surface area contributed by atoms with Crippen LogP contribution in [0.25, 0.3) is 0 Å². The summed E-state index contributed by atoms with van der Waals surface area (Å²) in [6.07, 6.45) is 8.13. The van der Waals surface area contributed by atoms with Gasteiger partial charge >= 0.3 is 5.91 Å². The van der Waals surface area contributed by atoms with Crippen molar-refractivity contribution in [3.05, 3.63) is 23.4 Å². The van der Waals surface area contributed by atoms with Gasteiger partial charge in [0.1, 0.15) is 24.3 Å². The van der Waals surface area contributed by atoms with E-state index in [9.17, 15) is 18.0 Å². The van der Waals surface area contributed by atoms with E-state index >= 15 is 0 Å². The molecule has 194 valence electrons. The van der Waals surface area contributed by atoms with Gasteiger partial charge in [0.15, 0.2) is 5.54 Å². The molecule has 3 aliphatic rings. The first kappa shape index (κ1) is 26.0. The lowest BCUT2D eigenvalue weighted by Crippen LogP contribution is -2.71. The molecule has 7 N–H and O–H groups in total. The number of sulfonamides is 1. The molecule has 2 aliphatic carbocycles. The molecule has 11 heteroatoms. The molecule has 4 atom stereocenters. The number of amides is 2. The van der Waals surface area contributed by atoms with E-state index in [2.05, 4.69) is 10.3 Å². The fourth-order valence-corrected chi connectivity index (χ4v) is 7.15. The average Bonchev–Trinajstić information content (AvgIpc) is 3.55. The number of nitrogen functional groups attached to an aromatic ring is 1. The van der Waals surface area contributed by atoms with E-state index < -0.39 is 33.4 Å². The summed E-state index contributed by atoms with van der Waals surface area (Å²) >= 11 is 0. The summed E-state index contributed by atoms with van der Waals surface area (Å²) in [5, 5.41) is 8.26. The number of pyridine rings is 1. The van der Waals surface area contributed by atoms with Crippen molar-refractivity contribution in [3.63, 3.8) is 0 Å². The zero-order valence-corrected chi connectivity index (χ0v) is 21.4. The van der Waals surface area contributed by atoms with Crippen molar-refractivity contribution in [1.29, 1.82) is 0 Å². The third kappa shape index (κ3) is 5.09. The van der Waals surface area contributed by atoms with Gasteiger partial charge in [0.2, 0.25) is 10.0 Å². The van der Waals surface area contributed by atoms with E-state index in [-0.39, 0.29) is 22.9 Å². The molecule has 0 spiro atoms. The van der Waals surface area contributed by atoms with Crippen molar-refractivity contribution >= 4 is 27.7 Å². The maximum absolute atomic E-state index is 14.6. The monoisotopic (exact) mass is 507 g/mol. The van der Waals surface area contributed by atoms with Gasteiger partial charge in [-0.3, -0.25) is 10.1 Å². The van der Waals surface area contributed by atoms with Gasteiger partial charge in [0.05, 0.1) is 6.54 Å². The van der Waals surface area contributed by atoms with Gasteiger partial charge in [0, 0.05) is 23.6 Å². The van der Waals surface area contributed by atoms with Gasteiger partial charge in [0.25, 0.3) is 5.91 Å². The third-order valence-electron chi connectivity index (χ3n) is 8.56. The highest BCUT2D eigenvalue weighted by Gasteiger charge is 2.76. The molecule has 35 heavy (non-hydrogen) atoms. The van der Waals surface area contributed by atoms with Gasteiger partial charge in [-0.1, -0.05) is 32.1 Å². The predicted octanol–water partition coefficient (Wildman–Crippen LogP) is 1.03. The lowest BCUT2D eigenvalue weighted by molar-refractivity contribution is -0.900. The highest BCUT2D eigenvalue weighted by Crippen LogP contribution is 2.59. The van der Waals surface area contributed by atoms with Crippen molar-refractivity contribution < 1.29 is 22.5 Å². The molecule has 4 rings (SSSR count). The van der Waals surface area contributed by atoms with Crippen LogP contribution in [0.4, 0.5) is 5.82 Å². The van der Waals surface area contributed by atoms with Crippen LogP contribution in [0, 0.1) is 18.8 Å². The van der Waals surface area contributed by atoms with E-state index in [4.69, 9.17) is 16.6 Å². The second kappa shape index (κ2) is 9.76. The van der Waals surface area contributed by atoms with E-state index in [1.165, 1.54) is 6.42 Å². The standard InChI is InChI=1S/C24H38N6O4S/c1-16-18(9-10-21(25)29-16)14-30(11-5-8-19-13-24(19,30)23(26)32)22(31)20(28-15-35(27,33)34)12-17-6-3-2-4-7-17/h9-10,17,19-20,28H,2-8,11-15H2,1H3,(H5-,25,26,27,29,32,33,34)/p+1/t19-,20-,24+,30?/m1/s1. The van der Waals surface area contributed by atoms with Crippen molar-refractivity contribution in [2.24, 2.45) is 22.7 Å². The lowest BCUT2D eigenvalue weighted by Gasteiger charge is -2.46. The first-order valence-corrected chi connectivity index (χ1v) is 14.4. The van der Waals surface area contributed by atoms with Crippen LogP contribution in [0.15, 0.2) is 12.1 Å². The number of likely N-dealkylation sites (tertiary alicyclic amines) is 1. The number of primary sulfonamides is 1. The first-order valence-electron chi connectivity index (χ1n) is 12.7. The Morgan fingerprint density at radius 1 is 1.20 bits per heavy atom. The number of aromatic nitrogens is 1. The number of hydrogen-bond acceptors (Lipinski definition) is 7. The van der Waals surface area contributed by atoms with Crippen LogP contribution in [0.2, 0.25) is 0 Å². The minimum atomic E-state index is -3.83. The number of nitrogens with zero attached hydrogens (tertiary/aromatic N) is 2. The summed E-state index contributed by atoms with van der Waals surface area (Å²) in [7, 11) is -3.83. The number of primary amides is 1. The smallest absolute Gasteiger partial charge is 0.331 e. The summed E-state index contributed by atoms with van der Waals surface area (Å²) in [5.41, 5.74) is 12.5. The fraction of sp³-hybridized carbons (Fsp3) is 0.708. The zero-order valence-electron chi connectivity index (χ0n) is 20.5. The molecule has 10 nitrogen and oxygen atoms in total. The van der Waals surface area contributed by atoms with Crippen molar-refractivity contribution in [3.8, 4) is 0 Å². The molecule has 1 aromatic heterocycles. The molecule has 3 fully saturated rings. The fourth-order valence-electron chi connectivity index (χ4n) is 6.72. The molecule has 1 unspecified atom stereocenters. The van der Waals surface area contributed by atoms with Crippen LogP contribution in [-0.2, 0) is 26.2 Å². The van der Waals surface area contributed by atoms with Gasteiger partial charge in [-0.15, -0.1) is 0 Å². The topological polar surface area (TPSA) is 171 Å². The molecule has 2 saturated carbocycles. The molecular weight excluding hydrogens is 468 g/mol. The number of nitrogens with two attached hydrogens (primary N) is 3. The van der Waals surface area contributed by atoms with E-state index in [0.29, 0.717) is 36.8 Å². The lowest BCUT2D eigenvalue weighted by atomic mass is 9.83. The Morgan fingerprint density at radius 3 is 2.54 bits per heavy atom. The molecule has 1 saturated heterocycles. The summed E-state index contributed by atoms with van der Waals surface area (Å²) < 4.78 is 23.5. The molecule has 2 amide bonds. The Morgan fingerprint density at radius 2 is 1.91 bits per heavy atom. The van der Waals surface area contributed by atoms with Gasteiger partial charge < -0.3 is 11.5 Å². The third-order valence-corrected chi connectivity index (χ3v) is 9.13.